The lowest BCUT2D eigenvalue weighted by atomic mass is 9.96. The molecule has 0 unspecified atom stereocenters. The van der Waals surface area contributed by atoms with Gasteiger partial charge in [0.05, 0.1) is 0 Å². The fourth-order valence-corrected chi connectivity index (χ4v) is 3.26. The topological polar surface area (TPSA) is 69.6 Å². The number of aromatic nitrogens is 1. The van der Waals surface area contributed by atoms with Gasteiger partial charge >= 0.3 is 0 Å². The smallest absolute Gasteiger partial charge is 0.257 e. The molecule has 1 N–H and O–H groups in total. The quantitative estimate of drug-likeness (QED) is 0.524. The standard InChI is InChI=1S/C23H22BF3N2O4/c1-3-28-20(30)12-33-18-10-15(25)8-7-14(18)11-32-19-9-13(2)29(23(31)21(19)24)22-16(26)5-4-6-17(22)27/h4-10H,3,11-12,24H2,1-2H3,(H,28,30). The number of halogens is 3. The summed E-state index contributed by atoms with van der Waals surface area (Å²) in [7, 11) is 1.48. The average molecular weight is 458 g/mol. The van der Waals surface area contributed by atoms with Gasteiger partial charge in [-0.15, -0.1) is 0 Å². The molecule has 0 atom stereocenters. The van der Waals surface area contributed by atoms with E-state index in [9.17, 15) is 22.8 Å². The Morgan fingerprint density at radius 1 is 1.06 bits per heavy atom. The van der Waals surface area contributed by atoms with Crippen molar-refractivity contribution in [2.45, 2.75) is 20.5 Å². The number of hydrogen-bond donors (Lipinski definition) is 1. The van der Waals surface area contributed by atoms with Crippen LogP contribution in [0, 0.1) is 24.4 Å². The number of nitrogens with zero attached hydrogens (tertiary/aromatic N) is 1. The van der Waals surface area contributed by atoms with E-state index in [0.29, 0.717) is 12.1 Å². The number of likely N-dealkylation sites (N-methyl/N-ethyl adjacent to an activating group) is 1. The molecule has 3 rings (SSSR count). The number of carbonyl (C=O) groups is 1. The van der Waals surface area contributed by atoms with E-state index in [0.717, 1.165) is 22.8 Å². The molecule has 0 aliphatic rings. The highest BCUT2D eigenvalue weighted by atomic mass is 19.1. The van der Waals surface area contributed by atoms with Gasteiger partial charge in [0.15, 0.2) is 14.5 Å². The molecule has 0 saturated heterocycles. The van der Waals surface area contributed by atoms with Crippen LogP contribution >= 0.6 is 0 Å². The first-order chi connectivity index (χ1) is 15.7. The monoisotopic (exact) mass is 458 g/mol. The summed E-state index contributed by atoms with van der Waals surface area (Å²) in [4.78, 5) is 24.6. The lowest BCUT2D eigenvalue weighted by Crippen LogP contribution is -2.36. The van der Waals surface area contributed by atoms with Crippen molar-refractivity contribution < 1.29 is 27.4 Å². The van der Waals surface area contributed by atoms with Gasteiger partial charge in [0.1, 0.15) is 41.2 Å². The predicted molar refractivity (Wildman–Crippen MR) is 120 cm³/mol. The average Bonchev–Trinajstić information content (AvgIpc) is 2.77. The van der Waals surface area contributed by atoms with Crippen LogP contribution in [0.1, 0.15) is 18.2 Å². The van der Waals surface area contributed by atoms with Crippen LogP contribution < -0.4 is 25.8 Å². The molecule has 0 aliphatic heterocycles. The molecule has 6 nitrogen and oxygen atoms in total. The lowest BCUT2D eigenvalue weighted by Gasteiger charge is -2.17. The van der Waals surface area contributed by atoms with Crippen LogP contribution in [0.2, 0.25) is 0 Å². The number of ether oxygens (including phenoxy) is 2. The molecule has 0 saturated carbocycles. The lowest BCUT2D eigenvalue weighted by molar-refractivity contribution is -0.123. The van der Waals surface area contributed by atoms with Gasteiger partial charge in [-0.1, -0.05) is 6.07 Å². The summed E-state index contributed by atoms with van der Waals surface area (Å²) in [6.07, 6.45) is 0. The number of rotatable bonds is 8. The molecular weight excluding hydrogens is 436 g/mol. The van der Waals surface area contributed by atoms with E-state index in [-0.39, 0.29) is 41.8 Å². The number of aryl methyl sites for hydroxylation is 1. The number of para-hydroxylation sites is 1. The van der Waals surface area contributed by atoms with Gasteiger partial charge in [-0.05, 0) is 44.2 Å². The van der Waals surface area contributed by atoms with E-state index in [1.807, 2.05) is 0 Å². The Kier molecular flexibility index (Phi) is 7.47. The van der Waals surface area contributed by atoms with Crippen LogP contribution in [0.15, 0.2) is 47.3 Å². The summed E-state index contributed by atoms with van der Waals surface area (Å²) in [5, 5.41) is 2.57. The third kappa shape index (κ3) is 5.39. The van der Waals surface area contributed by atoms with E-state index in [2.05, 4.69) is 5.32 Å². The normalized spacial score (nSPS) is 10.7. The summed E-state index contributed by atoms with van der Waals surface area (Å²) in [6, 6.07) is 8.64. The van der Waals surface area contributed by atoms with Gasteiger partial charge in [-0.2, -0.15) is 0 Å². The van der Waals surface area contributed by atoms with Gasteiger partial charge < -0.3 is 14.8 Å². The van der Waals surface area contributed by atoms with E-state index in [1.165, 1.54) is 39.0 Å². The van der Waals surface area contributed by atoms with E-state index in [1.54, 1.807) is 6.92 Å². The van der Waals surface area contributed by atoms with Gasteiger partial charge in [0.2, 0.25) is 0 Å². The maximum absolute atomic E-state index is 14.2. The van der Waals surface area contributed by atoms with E-state index >= 15 is 0 Å². The maximum Gasteiger partial charge on any atom is 0.257 e. The van der Waals surface area contributed by atoms with Crippen LogP contribution in [0.4, 0.5) is 13.2 Å². The van der Waals surface area contributed by atoms with Crippen LogP contribution in [0.25, 0.3) is 5.69 Å². The molecule has 1 amide bonds. The van der Waals surface area contributed by atoms with Crippen molar-refractivity contribution in [1.29, 1.82) is 0 Å². The minimum Gasteiger partial charge on any atom is -0.489 e. The molecule has 3 aromatic rings. The number of benzene rings is 2. The molecule has 33 heavy (non-hydrogen) atoms. The van der Waals surface area contributed by atoms with Gasteiger partial charge in [0, 0.05) is 29.3 Å². The van der Waals surface area contributed by atoms with Gasteiger partial charge in [-0.25, -0.2) is 13.2 Å². The molecule has 0 bridgehead atoms. The zero-order valence-electron chi connectivity index (χ0n) is 18.4. The Bertz CT molecular complexity index is 1230. The Labute approximate surface area is 189 Å². The SMILES string of the molecule is Bc1c(OCc2ccc(F)cc2OCC(=O)NCC)cc(C)n(-c2c(F)cccc2F)c1=O. The van der Waals surface area contributed by atoms with Crippen LogP contribution in [0.5, 0.6) is 11.5 Å². The second-order valence-electron chi connectivity index (χ2n) is 7.27. The van der Waals surface area contributed by atoms with Gasteiger partial charge in [0.25, 0.3) is 11.5 Å². The zero-order chi connectivity index (χ0) is 24.1. The number of carbonyl (C=O) groups excluding carboxylic acids is 1. The molecule has 10 heteroatoms. The summed E-state index contributed by atoms with van der Waals surface area (Å²) in [5.74, 6) is -2.32. The molecule has 0 spiro atoms. The maximum atomic E-state index is 14.2. The van der Waals surface area contributed by atoms with Crippen LogP contribution in [-0.2, 0) is 11.4 Å². The molecule has 1 heterocycles. The molecular formula is C23H22BF3N2O4. The number of hydrogen-bond acceptors (Lipinski definition) is 4. The van der Waals surface area contributed by atoms with Crippen molar-refractivity contribution in [1.82, 2.24) is 9.88 Å². The molecule has 2 aromatic carbocycles. The Hall–Kier alpha value is -3.69. The summed E-state index contributed by atoms with van der Waals surface area (Å²) in [6.45, 7) is 3.33. The third-order valence-electron chi connectivity index (χ3n) is 4.89. The fraction of sp³-hybridized carbons (Fsp3) is 0.217. The summed E-state index contributed by atoms with van der Waals surface area (Å²) >= 11 is 0. The Balaban J connectivity index is 1.87. The summed E-state index contributed by atoms with van der Waals surface area (Å²) in [5.41, 5.74) is -0.260. The van der Waals surface area contributed by atoms with Crippen molar-refractivity contribution in [2.75, 3.05) is 13.2 Å². The second kappa shape index (κ2) is 10.3. The fourth-order valence-electron chi connectivity index (χ4n) is 3.26. The highest BCUT2D eigenvalue weighted by molar-refractivity contribution is 6.34. The molecule has 172 valence electrons. The van der Waals surface area contributed by atoms with Crippen molar-refractivity contribution in [3.8, 4) is 17.2 Å². The first-order valence-corrected chi connectivity index (χ1v) is 10.2. The molecule has 0 fully saturated rings. The van der Waals surface area contributed by atoms with Crippen molar-refractivity contribution in [3.05, 3.63) is 81.5 Å². The number of nitrogens with one attached hydrogen (secondary N) is 1. The minimum atomic E-state index is -0.867. The largest absolute Gasteiger partial charge is 0.489 e. The van der Waals surface area contributed by atoms with Gasteiger partial charge in [-0.3, -0.25) is 14.2 Å². The Morgan fingerprint density at radius 2 is 1.76 bits per heavy atom. The van der Waals surface area contributed by atoms with E-state index in [4.69, 9.17) is 9.47 Å². The highest BCUT2D eigenvalue weighted by Gasteiger charge is 2.18. The van der Waals surface area contributed by atoms with Crippen molar-refractivity contribution in [3.63, 3.8) is 0 Å². The van der Waals surface area contributed by atoms with Crippen molar-refractivity contribution in [2.24, 2.45) is 0 Å². The zero-order valence-corrected chi connectivity index (χ0v) is 18.4. The van der Waals surface area contributed by atoms with Crippen LogP contribution in [-0.4, -0.2) is 31.5 Å². The Morgan fingerprint density at radius 3 is 2.42 bits per heavy atom. The number of amides is 1. The molecule has 1 aromatic heterocycles. The molecule has 0 radical (unpaired) electrons. The summed E-state index contributed by atoms with van der Waals surface area (Å²) < 4.78 is 54.3. The second-order valence-corrected chi connectivity index (χ2v) is 7.27. The van der Waals surface area contributed by atoms with E-state index < -0.39 is 28.7 Å². The third-order valence-corrected chi connectivity index (χ3v) is 4.89. The van der Waals surface area contributed by atoms with Crippen molar-refractivity contribution >= 4 is 19.2 Å². The van der Waals surface area contributed by atoms with Crippen LogP contribution in [0.3, 0.4) is 0 Å². The first-order valence-electron chi connectivity index (χ1n) is 10.2. The highest BCUT2D eigenvalue weighted by Crippen LogP contribution is 2.23. The first kappa shape index (κ1) is 24.0. The number of pyridine rings is 1. The molecule has 0 aliphatic carbocycles. The predicted octanol–water partition coefficient (Wildman–Crippen LogP) is 1.92. The minimum absolute atomic E-state index is 0.0944.